The number of nitrogens with one attached hydrogen (secondary N) is 2. The molecule has 0 spiro atoms. The van der Waals surface area contributed by atoms with Crippen LogP contribution in [0.15, 0.2) is 18.2 Å². The molecule has 0 radical (unpaired) electrons. The van der Waals surface area contributed by atoms with Crippen molar-refractivity contribution in [1.29, 1.82) is 0 Å². The summed E-state index contributed by atoms with van der Waals surface area (Å²) in [6.45, 7) is 2.10. The molecule has 1 fully saturated rings. The van der Waals surface area contributed by atoms with Crippen LogP contribution in [-0.2, 0) is 6.61 Å². The van der Waals surface area contributed by atoms with Crippen LogP contribution in [0, 0.1) is 0 Å². The number of rotatable bonds is 4. The Morgan fingerprint density at radius 2 is 2.18 bits per heavy atom. The van der Waals surface area contributed by atoms with E-state index >= 15 is 0 Å². The van der Waals surface area contributed by atoms with Crippen molar-refractivity contribution in [2.24, 2.45) is 0 Å². The van der Waals surface area contributed by atoms with Gasteiger partial charge in [0.1, 0.15) is 5.75 Å². The van der Waals surface area contributed by atoms with Crippen LogP contribution in [0.2, 0.25) is 0 Å². The summed E-state index contributed by atoms with van der Waals surface area (Å²) in [6.07, 6.45) is 2.23. The summed E-state index contributed by atoms with van der Waals surface area (Å²) >= 11 is 0. The van der Waals surface area contributed by atoms with Crippen molar-refractivity contribution < 1.29 is 9.84 Å². The highest BCUT2D eigenvalue weighted by Gasteiger charge is 2.15. The van der Waals surface area contributed by atoms with Crippen molar-refractivity contribution in [3.63, 3.8) is 0 Å². The van der Waals surface area contributed by atoms with Gasteiger partial charge in [0.15, 0.2) is 0 Å². The predicted molar refractivity (Wildman–Crippen MR) is 68.4 cm³/mol. The summed E-state index contributed by atoms with van der Waals surface area (Å²) in [5.74, 6) is 0.742. The van der Waals surface area contributed by atoms with Crippen LogP contribution in [0.25, 0.3) is 0 Å². The van der Waals surface area contributed by atoms with E-state index in [-0.39, 0.29) is 6.61 Å². The van der Waals surface area contributed by atoms with E-state index in [1.165, 1.54) is 0 Å². The Hall–Kier alpha value is -1.26. The molecular weight excluding hydrogens is 216 g/mol. The zero-order valence-corrected chi connectivity index (χ0v) is 10.2. The van der Waals surface area contributed by atoms with Gasteiger partial charge in [-0.2, -0.15) is 0 Å². The van der Waals surface area contributed by atoms with Gasteiger partial charge in [0.05, 0.1) is 13.7 Å². The van der Waals surface area contributed by atoms with E-state index in [0.29, 0.717) is 6.04 Å². The fraction of sp³-hybridized carbons (Fsp3) is 0.538. The second-order valence-electron chi connectivity index (χ2n) is 4.31. The summed E-state index contributed by atoms with van der Waals surface area (Å²) in [5, 5.41) is 16.3. The minimum Gasteiger partial charge on any atom is -0.496 e. The molecule has 1 heterocycles. The largest absolute Gasteiger partial charge is 0.496 e. The molecule has 0 amide bonds. The Kier molecular flexibility index (Phi) is 4.23. The molecule has 1 aliphatic rings. The molecule has 1 aromatic rings. The van der Waals surface area contributed by atoms with E-state index < -0.39 is 0 Å². The molecule has 2 rings (SSSR count). The van der Waals surface area contributed by atoms with Crippen LogP contribution in [0.4, 0.5) is 5.69 Å². The molecule has 1 aliphatic heterocycles. The van der Waals surface area contributed by atoms with Gasteiger partial charge < -0.3 is 20.5 Å². The maximum atomic E-state index is 9.43. The zero-order chi connectivity index (χ0) is 12.1. The molecule has 0 unspecified atom stereocenters. The van der Waals surface area contributed by atoms with E-state index in [0.717, 1.165) is 42.9 Å². The van der Waals surface area contributed by atoms with Gasteiger partial charge >= 0.3 is 0 Å². The number of anilines is 1. The zero-order valence-electron chi connectivity index (χ0n) is 10.2. The van der Waals surface area contributed by atoms with Crippen molar-refractivity contribution in [2.75, 3.05) is 25.5 Å². The molecular formula is C13H20N2O2. The van der Waals surface area contributed by atoms with Gasteiger partial charge in [0, 0.05) is 17.3 Å². The fourth-order valence-corrected chi connectivity index (χ4v) is 2.24. The first kappa shape index (κ1) is 12.2. The van der Waals surface area contributed by atoms with Gasteiger partial charge in [-0.25, -0.2) is 0 Å². The summed E-state index contributed by atoms with van der Waals surface area (Å²) in [4.78, 5) is 0. The molecule has 0 saturated carbocycles. The first-order valence-electron chi connectivity index (χ1n) is 6.09. The van der Waals surface area contributed by atoms with Crippen molar-refractivity contribution in [1.82, 2.24) is 5.32 Å². The number of hydrogen-bond acceptors (Lipinski definition) is 4. The first-order chi connectivity index (χ1) is 8.35. The van der Waals surface area contributed by atoms with Crippen molar-refractivity contribution >= 4 is 5.69 Å². The van der Waals surface area contributed by atoms with Crippen LogP contribution in [-0.4, -0.2) is 31.3 Å². The third kappa shape index (κ3) is 2.90. The molecule has 0 bridgehead atoms. The van der Waals surface area contributed by atoms with Crippen LogP contribution < -0.4 is 15.4 Å². The molecule has 1 saturated heterocycles. The molecule has 0 atom stereocenters. The Morgan fingerprint density at radius 1 is 1.41 bits per heavy atom. The maximum absolute atomic E-state index is 9.43. The molecule has 3 N–H and O–H groups in total. The molecule has 4 heteroatoms. The lowest BCUT2D eigenvalue weighted by Crippen LogP contribution is -2.35. The van der Waals surface area contributed by atoms with Crippen LogP contribution >= 0.6 is 0 Å². The monoisotopic (exact) mass is 236 g/mol. The second-order valence-corrected chi connectivity index (χ2v) is 4.31. The minimum atomic E-state index is -0.00266. The quantitative estimate of drug-likeness (QED) is 0.738. The first-order valence-corrected chi connectivity index (χ1v) is 6.09. The minimum absolute atomic E-state index is 0.00266. The Bertz CT molecular complexity index is 362. The van der Waals surface area contributed by atoms with E-state index in [4.69, 9.17) is 4.74 Å². The van der Waals surface area contributed by atoms with Gasteiger partial charge in [-0.1, -0.05) is 6.07 Å². The predicted octanol–water partition coefficient (Wildman–Crippen LogP) is 1.35. The van der Waals surface area contributed by atoms with Crippen molar-refractivity contribution in [3.05, 3.63) is 23.8 Å². The van der Waals surface area contributed by atoms with Gasteiger partial charge in [0.25, 0.3) is 0 Å². The fourth-order valence-electron chi connectivity index (χ4n) is 2.24. The molecule has 94 valence electrons. The molecule has 17 heavy (non-hydrogen) atoms. The second kappa shape index (κ2) is 5.89. The van der Waals surface area contributed by atoms with Crippen molar-refractivity contribution in [2.45, 2.75) is 25.5 Å². The molecule has 0 aromatic heterocycles. The van der Waals surface area contributed by atoms with Gasteiger partial charge in [0.2, 0.25) is 0 Å². The van der Waals surface area contributed by atoms with E-state index in [2.05, 4.69) is 10.6 Å². The molecule has 4 nitrogen and oxygen atoms in total. The molecule has 0 aliphatic carbocycles. The third-order valence-electron chi connectivity index (χ3n) is 3.21. The van der Waals surface area contributed by atoms with E-state index in [1.54, 1.807) is 7.11 Å². The van der Waals surface area contributed by atoms with Gasteiger partial charge in [-0.05, 0) is 38.1 Å². The average Bonchev–Trinajstić information content (AvgIpc) is 2.39. The summed E-state index contributed by atoms with van der Waals surface area (Å²) in [6, 6.07) is 6.30. The summed E-state index contributed by atoms with van der Waals surface area (Å²) in [5.41, 5.74) is 1.83. The topological polar surface area (TPSA) is 53.5 Å². The maximum Gasteiger partial charge on any atom is 0.126 e. The summed E-state index contributed by atoms with van der Waals surface area (Å²) in [7, 11) is 1.63. The summed E-state index contributed by atoms with van der Waals surface area (Å²) < 4.78 is 5.25. The number of aliphatic hydroxyl groups is 1. The smallest absolute Gasteiger partial charge is 0.126 e. The van der Waals surface area contributed by atoms with Crippen LogP contribution in [0.1, 0.15) is 18.4 Å². The Balaban J connectivity index is 2.13. The van der Waals surface area contributed by atoms with E-state index in [9.17, 15) is 5.11 Å². The highest BCUT2D eigenvalue weighted by Crippen LogP contribution is 2.27. The normalized spacial score (nSPS) is 16.8. The lowest BCUT2D eigenvalue weighted by atomic mass is 10.0. The lowest BCUT2D eigenvalue weighted by Gasteiger charge is -2.26. The van der Waals surface area contributed by atoms with E-state index in [1.807, 2.05) is 18.2 Å². The number of benzene rings is 1. The lowest BCUT2D eigenvalue weighted by molar-refractivity contribution is 0.274. The Labute approximate surface area is 102 Å². The number of hydrogen-bond donors (Lipinski definition) is 3. The standard InChI is InChI=1S/C13H20N2O2/c1-17-13-4-2-3-12(11(13)9-16)15-10-5-7-14-8-6-10/h2-4,10,14-16H,5-9H2,1H3. The van der Waals surface area contributed by atoms with Crippen LogP contribution in [0.5, 0.6) is 5.75 Å². The van der Waals surface area contributed by atoms with Crippen molar-refractivity contribution in [3.8, 4) is 5.75 Å². The molecule has 1 aromatic carbocycles. The number of ether oxygens (including phenoxy) is 1. The number of methoxy groups -OCH3 is 1. The highest BCUT2D eigenvalue weighted by molar-refractivity contribution is 5.57. The SMILES string of the molecule is COc1cccc(NC2CCNCC2)c1CO. The highest BCUT2D eigenvalue weighted by atomic mass is 16.5. The number of piperidine rings is 1. The van der Waals surface area contributed by atoms with Gasteiger partial charge in [-0.15, -0.1) is 0 Å². The van der Waals surface area contributed by atoms with Crippen LogP contribution in [0.3, 0.4) is 0 Å². The van der Waals surface area contributed by atoms with Gasteiger partial charge in [-0.3, -0.25) is 0 Å². The average molecular weight is 236 g/mol. The Morgan fingerprint density at radius 3 is 2.82 bits per heavy atom. The number of aliphatic hydroxyl groups excluding tert-OH is 1. The third-order valence-corrected chi connectivity index (χ3v) is 3.21.